The number of imide groups is 1. The van der Waals surface area contributed by atoms with Crippen molar-refractivity contribution in [1.29, 1.82) is 0 Å². The van der Waals surface area contributed by atoms with E-state index in [0.29, 0.717) is 61.0 Å². The Balaban J connectivity index is 0.665. The smallest absolute Gasteiger partial charge is 0.355 e. The summed E-state index contributed by atoms with van der Waals surface area (Å²) in [6.07, 6.45) is 8.25. The Bertz CT molecular complexity index is 3110. The molecule has 3 aromatic heterocycles. The van der Waals surface area contributed by atoms with Crippen molar-refractivity contribution in [3.63, 3.8) is 0 Å². The molecule has 0 radical (unpaired) electrons. The Morgan fingerprint density at radius 1 is 0.831 bits per heavy atom. The second-order valence-electron chi connectivity index (χ2n) is 18.9. The van der Waals surface area contributed by atoms with Gasteiger partial charge in [0.1, 0.15) is 11.6 Å². The highest BCUT2D eigenvalue weighted by Crippen LogP contribution is 2.36. The summed E-state index contributed by atoms with van der Waals surface area (Å²) in [6, 6.07) is 29.4. The highest BCUT2D eigenvalue weighted by molar-refractivity contribution is 7.22. The van der Waals surface area contributed by atoms with Gasteiger partial charge in [0.15, 0.2) is 10.8 Å². The lowest BCUT2D eigenvalue weighted by Gasteiger charge is -2.36. The van der Waals surface area contributed by atoms with E-state index in [9.17, 15) is 24.3 Å². The van der Waals surface area contributed by atoms with Crippen molar-refractivity contribution >= 4 is 72.8 Å². The van der Waals surface area contributed by atoms with Crippen LogP contribution >= 0.6 is 11.3 Å². The van der Waals surface area contributed by atoms with Crippen LogP contribution in [0.4, 0.5) is 16.6 Å². The van der Waals surface area contributed by atoms with E-state index < -0.39 is 11.9 Å². The number of unbranched alkanes of at least 4 members (excludes halogenated alkanes) is 5. The number of nitrogens with zero attached hydrogens (tertiary/aromatic N) is 7. The molecule has 10 rings (SSSR count). The van der Waals surface area contributed by atoms with Gasteiger partial charge >= 0.3 is 5.97 Å². The number of hydrogen-bond acceptors (Lipinski definition) is 12. The summed E-state index contributed by atoms with van der Waals surface area (Å²) in [5.74, 6) is -0.933. The second-order valence-corrected chi connectivity index (χ2v) is 19.9. The van der Waals surface area contributed by atoms with Gasteiger partial charge < -0.3 is 19.6 Å². The predicted octanol–water partition coefficient (Wildman–Crippen LogP) is 9.13. The molecule has 2 saturated heterocycles. The molecule has 3 aliphatic heterocycles. The van der Waals surface area contributed by atoms with Crippen LogP contribution in [0.5, 0.6) is 5.75 Å². The third-order valence-corrected chi connectivity index (χ3v) is 15.3. The number of benzene rings is 4. The number of thiazole rings is 1. The number of hydrogen-bond donors (Lipinski definition) is 3. The Hall–Kier alpha value is -7.17. The molecular weight excluding hydrogens is 915 g/mol. The summed E-state index contributed by atoms with van der Waals surface area (Å²) in [5, 5.41) is 22.1. The van der Waals surface area contributed by atoms with Gasteiger partial charge in [0.2, 0.25) is 11.8 Å². The van der Waals surface area contributed by atoms with Gasteiger partial charge in [0, 0.05) is 74.9 Å². The first kappa shape index (κ1) is 47.5. The third-order valence-electron chi connectivity index (χ3n) is 14.3. The Labute approximate surface area is 416 Å². The molecule has 1 unspecified atom stereocenters. The van der Waals surface area contributed by atoms with Crippen molar-refractivity contribution in [2.75, 3.05) is 61.0 Å². The lowest BCUT2D eigenvalue weighted by Crippen LogP contribution is -2.46. The second kappa shape index (κ2) is 21.0. The summed E-state index contributed by atoms with van der Waals surface area (Å²) in [4.78, 5) is 67.0. The fourth-order valence-corrected chi connectivity index (χ4v) is 11.2. The van der Waals surface area contributed by atoms with Crippen molar-refractivity contribution < 1.29 is 29.0 Å². The van der Waals surface area contributed by atoms with Gasteiger partial charge in [0.05, 0.1) is 34.0 Å². The molecule has 3 aliphatic rings. The minimum atomic E-state index is -1.11. The number of piperazine rings is 1. The number of amides is 3. The number of fused-ring (bicyclic) bond motifs is 3. The number of rotatable bonds is 17. The number of aromatic carboxylic acids is 1. The zero-order chi connectivity index (χ0) is 49.0. The molecule has 0 spiro atoms. The lowest BCUT2D eigenvalue weighted by molar-refractivity contribution is -0.134. The fourth-order valence-electron chi connectivity index (χ4n) is 10.4. The molecule has 3 N–H and O–H groups in total. The van der Waals surface area contributed by atoms with Crippen molar-refractivity contribution in [1.82, 2.24) is 30.0 Å². The van der Waals surface area contributed by atoms with Gasteiger partial charge in [-0.05, 0) is 116 Å². The number of para-hydroxylation sites is 1. The van der Waals surface area contributed by atoms with E-state index in [4.69, 9.17) is 14.8 Å². The summed E-state index contributed by atoms with van der Waals surface area (Å²) in [5.41, 5.74) is 8.44. The number of carbonyl (C=O) groups excluding carboxylic acids is 3. The van der Waals surface area contributed by atoms with Crippen LogP contribution in [0.15, 0.2) is 91.0 Å². The van der Waals surface area contributed by atoms with Crippen LogP contribution in [0.25, 0.3) is 32.2 Å². The zero-order valence-electron chi connectivity index (χ0n) is 40.3. The summed E-state index contributed by atoms with van der Waals surface area (Å²) in [7, 11) is 1.91. The van der Waals surface area contributed by atoms with Crippen LogP contribution in [-0.2, 0) is 29.6 Å². The van der Waals surface area contributed by atoms with E-state index in [1.54, 1.807) is 0 Å². The third kappa shape index (κ3) is 10.4. The van der Waals surface area contributed by atoms with Gasteiger partial charge in [0.25, 0.3) is 5.91 Å². The minimum Gasteiger partial charge on any atom is -0.493 e. The van der Waals surface area contributed by atoms with Crippen LogP contribution in [0.3, 0.4) is 0 Å². The molecule has 1 atom stereocenters. The molecule has 0 saturated carbocycles. The first-order valence-electron chi connectivity index (χ1n) is 24.9. The largest absolute Gasteiger partial charge is 0.493 e. The molecule has 4 aromatic carbocycles. The predicted molar refractivity (Wildman–Crippen MR) is 278 cm³/mol. The van der Waals surface area contributed by atoms with Crippen LogP contribution < -0.4 is 25.2 Å². The molecule has 3 amide bonds. The zero-order valence-corrected chi connectivity index (χ0v) is 41.1. The van der Waals surface area contributed by atoms with Crippen LogP contribution in [-0.4, -0.2) is 99.3 Å². The number of carboxylic acid groups (broad SMARTS) is 1. The molecule has 0 bridgehead atoms. The number of nitrogens with one attached hydrogen (secondary N) is 2. The van der Waals surface area contributed by atoms with E-state index in [2.05, 4.69) is 43.6 Å². The van der Waals surface area contributed by atoms with Crippen molar-refractivity contribution in [3.8, 4) is 16.9 Å². The van der Waals surface area contributed by atoms with Crippen molar-refractivity contribution in [2.24, 2.45) is 7.05 Å². The van der Waals surface area contributed by atoms with Gasteiger partial charge in [-0.2, -0.15) is 5.10 Å². The number of pyridine rings is 1. The van der Waals surface area contributed by atoms with Gasteiger partial charge in [-0.3, -0.25) is 34.6 Å². The average molecular weight is 974 g/mol. The molecule has 366 valence electrons. The van der Waals surface area contributed by atoms with E-state index in [0.717, 1.165) is 107 Å². The monoisotopic (exact) mass is 973 g/mol. The summed E-state index contributed by atoms with van der Waals surface area (Å²) in [6.45, 7) is 8.67. The van der Waals surface area contributed by atoms with Crippen LogP contribution in [0, 0.1) is 6.92 Å². The number of ether oxygens (including phenoxy) is 1. The first-order valence-corrected chi connectivity index (χ1v) is 25.7. The van der Waals surface area contributed by atoms with E-state index in [1.165, 1.54) is 36.3 Å². The summed E-state index contributed by atoms with van der Waals surface area (Å²) < 4.78 is 9.14. The molecule has 6 heterocycles. The maximum Gasteiger partial charge on any atom is 0.355 e. The number of anilines is 3. The molecule has 0 aliphatic carbocycles. The van der Waals surface area contributed by atoms with Gasteiger partial charge in [-0.1, -0.05) is 73.4 Å². The Morgan fingerprint density at radius 3 is 2.45 bits per heavy atom. The number of carboxylic acids is 1. The van der Waals surface area contributed by atoms with E-state index >= 15 is 0 Å². The average Bonchev–Trinajstić information content (AvgIpc) is 3.95. The standard InChI is InChI=1S/C55H59N9O6S/c1-35-38(39-21-23-48(57-51(39)54(68)69)64-27-25-36-13-11-15-40(43(36)34-64)52(66)59-55-56-44-16-7-8-18-47(44)71-55)14-12-17-46(35)70-32-10-6-4-3-5-9-26-62-28-30-63(31-29-62)37-19-20-41-45(33-37)61(2)60-50(41)42-22-24-49(65)58-53(42)67/h7-8,11-21,23,33,42H,3-6,9-10,22,24-32,34H2,1-2H3,(H,68,69)(H,56,59,66)(H,58,65,67). The highest BCUT2D eigenvalue weighted by atomic mass is 32.1. The molecule has 16 heteroatoms. The SMILES string of the molecule is Cc1c(OCCCCCCCCN2CCN(c3ccc4c(C5CCC(=O)NC5=O)nn(C)c4c3)CC2)cccc1-c1ccc(N2CCc3cccc(C(=O)Nc4nc5ccccc5s4)c3C2)nc1C(=O)O. The molecule has 15 nitrogen and oxygen atoms in total. The Morgan fingerprint density at radius 2 is 1.63 bits per heavy atom. The molecule has 71 heavy (non-hydrogen) atoms. The summed E-state index contributed by atoms with van der Waals surface area (Å²) >= 11 is 1.44. The first-order chi connectivity index (χ1) is 34.6. The fraction of sp³-hybridized carbons (Fsp3) is 0.364. The number of piperidine rings is 1. The maximum absolute atomic E-state index is 13.6. The maximum atomic E-state index is 13.6. The molecular formula is C55H59N9O6S. The van der Waals surface area contributed by atoms with Gasteiger partial charge in [-0.25, -0.2) is 14.8 Å². The van der Waals surface area contributed by atoms with Gasteiger partial charge in [-0.15, -0.1) is 0 Å². The quantitative estimate of drug-likeness (QED) is 0.0584. The Kier molecular flexibility index (Phi) is 14.1. The normalized spacial score (nSPS) is 16.3. The van der Waals surface area contributed by atoms with E-state index in [1.807, 2.05) is 96.3 Å². The number of aromatic nitrogens is 4. The van der Waals surface area contributed by atoms with Crippen LogP contribution in [0.2, 0.25) is 0 Å². The van der Waals surface area contributed by atoms with Crippen LogP contribution in [0.1, 0.15) is 101 Å². The molecule has 7 aromatic rings. The van der Waals surface area contributed by atoms with Crippen molar-refractivity contribution in [3.05, 3.63) is 125 Å². The highest BCUT2D eigenvalue weighted by Gasteiger charge is 2.32. The number of aryl methyl sites for hydroxylation is 1. The van der Waals surface area contributed by atoms with E-state index in [-0.39, 0.29) is 23.4 Å². The molecule has 2 fully saturated rings. The minimum absolute atomic E-state index is 0.0266. The van der Waals surface area contributed by atoms with Crippen molar-refractivity contribution in [2.45, 2.75) is 77.2 Å². The topological polar surface area (TPSA) is 175 Å². The number of carbonyl (C=O) groups is 4. The lowest BCUT2D eigenvalue weighted by atomic mass is 9.93.